The summed E-state index contributed by atoms with van der Waals surface area (Å²) in [7, 11) is 0. The van der Waals surface area contributed by atoms with Crippen LogP contribution in [-0.4, -0.2) is 64.9 Å². The molecule has 0 aromatic heterocycles. The minimum Gasteiger partial charge on any atom is -0.480 e. The molecule has 0 aromatic carbocycles. The van der Waals surface area contributed by atoms with Crippen molar-refractivity contribution < 1.29 is 24.3 Å². The van der Waals surface area contributed by atoms with E-state index in [1.54, 1.807) is 13.8 Å². The van der Waals surface area contributed by atoms with Gasteiger partial charge < -0.3 is 26.4 Å². The van der Waals surface area contributed by atoms with Gasteiger partial charge in [-0.2, -0.15) is 0 Å². The first-order valence-electron chi connectivity index (χ1n) is 9.47. The van der Waals surface area contributed by atoms with Gasteiger partial charge in [-0.15, -0.1) is 0 Å². The molecule has 0 saturated carbocycles. The Balaban J connectivity index is 2.96. The molecule has 3 amide bonds. The monoisotopic (exact) mass is 384 g/mol. The van der Waals surface area contributed by atoms with Crippen LogP contribution in [0.3, 0.4) is 0 Å². The SMILES string of the molecule is CCC(C)C(NC(=O)CN)C(=O)NC(C(=O)N1CCCC1C(=O)O)C(C)C. The van der Waals surface area contributed by atoms with Gasteiger partial charge in [-0.25, -0.2) is 4.79 Å². The third-order valence-electron chi connectivity index (χ3n) is 5.05. The standard InChI is InChI=1S/C18H32N4O5/c1-5-11(4)15(20-13(23)9-19)16(24)21-14(10(2)3)17(25)22-8-6-7-12(22)18(26)27/h10-12,14-15H,5-9,19H2,1-4H3,(H,20,23)(H,21,24)(H,26,27). The number of carbonyl (C=O) groups is 4. The number of likely N-dealkylation sites (tertiary alicyclic amines) is 1. The number of carboxylic acids is 1. The summed E-state index contributed by atoms with van der Waals surface area (Å²) in [5.74, 6) is -2.75. The van der Waals surface area contributed by atoms with E-state index in [-0.39, 0.29) is 18.4 Å². The van der Waals surface area contributed by atoms with Crippen LogP contribution < -0.4 is 16.4 Å². The summed E-state index contributed by atoms with van der Waals surface area (Å²) >= 11 is 0. The number of amides is 3. The molecule has 5 N–H and O–H groups in total. The number of rotatable bonds is 9. The van der Waals surface area contributed by atoms with Crippen molar-refractivity contribution >= 4 is 23.7 Å². The van der Waals surface area contributed by atoms with E-state index >= 15 is 0 Å². The normalized spacial score (nSPS) is 20.1. The Kier molecular flexibility index (Phi) is 8.68. The summed E-state index contributed by atoms with van der Waals surface area (Å²) in [5, 5.41) is 14.6. The van der Waals surface area contributed by atoms with Gasteiger partial charge in [0.15, 0.2) is 0 Å². The third-order valence-corrected chi connectivity index (χ3v) is 5.05. The van der Waals surface area contributed by atoms with Gasteiger partial charge in [0, 0.05) is 6.54 Å². The van der Waals surface area contributed by atoms with E-state index in [1.165, 1.54) is 4.90 Å². The van der Waals surface area contributed by atoms with Crippen molar-refractivity contribution in [1.82, 2.24) is 15.5 Å². The molecule has 0 bridgehead atoms. The molecule has 1 fully saturated rings. The molecular weight excluding hydrogens is 352 g/mol. The summed E-state index contributed by atoms with van der Waals surface area (Å²) in [6.07, 6.45) is 1.67. The van der Waals surface area contributed by atoms with E-state index in [0.717, 1.165) is 0 Å². The second kappa shape index (κ2) is 10.2. The van der Waals surface area contributed by atoms with Crippen LogP contribution in [0.15, 0.2) is 0 Å². The first kappa shape index (κ1) is 22.9. The highest BCUT2D eigenvalue weighted by atomic mass is 16.4. The van der Waals surface area contributed by atoms with Gasteiger partial charge in [0.2, 0.25) is 17.7 Å². The fourth-order valence-electron chi connectivity index (χ4n) is 3.16. The molecule has 0 radical (unpaired) electrons. The van der Waals surface area contributed by atoms with Crippen LogP contribution in [0.4, 0.5) is 0 Å². The lowest BCUT2D eigenvalue weighted by Crippen LogP contribution is -2.59. The van der Waals surface area contributed by atoms with Crippen LogP contribution in [0.25, 0.3) is 0 Å². The van der Waals surface area contributed by atoms with Crippen molar-refractivity contribution in [3.63, 3.8) is 0 Å². The minimum atomic E-state index is -1.04. The Bertz CT molecular complexity index is 566. The molecular formula is C18H32N4O5. The zero-order chi connectivity index (χ0) is 20.7. The molecule has 1 saturated heterocycles. The first-order valence-corrected chi connectivity index (χ1v) is 9.47. The number of nitrogens with one attached hydrogen (secondary N) is 2. The van der Waals surface area contributed by atoms with Crippen molar-refractivity contribution in [3.05, 3.63) is 0 Å². The molecule has 9 heteroatoms. The number of aliphatic carboxylic acids is 1. The van der Waals surface area contributed by atoms with Crippen LogP contribution in [0.5, 0.6) is 0 Å². The molecule has 1 rings (SSSR count). The second-order valence-electron chi connectivity index (χ2n) is 7.39. The Morgan fingerprint density at radius 3 is 2.26 bits per heavy atom. The molecule has 27 heavy (non-hydrogen) atoms. The zero-order valence-electron chi connectivity index (χ0n) is 16.5. The number of carbonyl (C=O) groups excluding carboxylic acids is 3. The summed E-state index contributed by atoms with van der Waals surface area (Å²) < 4.78 is 0. The van der Waals surface area contributed by atoms with Crippen molar-refractivity contribution in [2.45, 2.75) is 65.1 Å². The highest BCUT2D eigenvalue weighted by Crippen LogP contribution is 2.20. The molecule has 1 heterocycles. The van der Waals surface area contributed by atoms with Crippen molar-refractivity contribution in [3.8, 4) is 0 Å². The lowest BCUT2D eigenvalue weighted by molar-refractivity contribution is -0.150. The number of hydrogen-bond donors (Lipinski definition) is 4. The van der Waals surface area contributed by atoms with E-state index in [0.29, 0.717) is 25.8 Å². The predicted octanol–water partition coefficient (Wildman–Crippen LogP) is -0.308. The summed E-state index contributed by atoms with van der Waals surface area (Å²) in [5.41, 5.74) is 5.33. The maximum Gasteiger partial charge on any atom is 0.326 e. The minimum absolute atomic E-state index is 0.151. The highest BCUT2D eigenvalue weighted by Gasteiger charge is 2.39. The van der Waals surface area contributed by atoms with Crippen molar-refractivity contribution in [1.29, 1.82) is 0 Å². The number of carboxylic acid groups (broad SMARTS) is 1. The second-order valence-corrected chi connectivity index (χ2v) is 7.39. The number of hydrogen-bond acceptors (Lipinski definition) is 5. The summed E-state index contributed by atoms with van der Waals surface area (Å²) in [4.78, 5) is 50.1. The lowest BCUT2D eigenvalue weighted by atomic mass is 9.96. The first-order chi connectivity index (χ1) is 12.6. The zero-order valence-corrected chi connectivity index (χ0v) is 16.5. The smallest absolute Gasteiger partial charge is 0.326 e. The van der Waals surface area contributed by atoms with E-state index in [9.17, 15) is 24.3 Å². The van der Waals surface area contributed by atoms with Crippen molar-refractivity contribution in [2.24, 2.45) is 17.6 Å². The highest BCUT2D eigenvalue weighted by molar-refractivity contribution is 5.94. The predicted molar refractivity (Wildman–Crippen MR) is 99.6 cm³/mol. The maximum absolute atomic E-state index is 12.9. The van der Waals surface area contributed by atoms with Crippen LogP contribution in [0.2, 0.25) is 0 Å². The molecule has 9 nitrogen and oxygen atoms in total. The van der Waals surface area contributed by atoms with E-state index in [4.69, 9.17) is 5.73 Å². The summed E-state index contributed by atoms with van der Waals surface area (Å²) in [6, 6.07) is -2.54. The largest absolute Gasteiger partial charge is 0.480 e. The number of nitrogens with zero attached hydrogens (tertiary/aromatic N) is 1. The molecule has 0 aromatic rings. The lowest BCUT2D eigenvalue weighted by Gasteiger charge is -2.31. The molecule has 1 aliphatic heterocycles. The topological polar surface area (TPSA) is 142 Å². The summed E-state index contributed by atoms with van der Waals surface area (Å²) in [6.45, 7) is 7.41. The Labute approximate surface area is 160 Å². The van der Waals surface area contributed by atoms with Gasteiger partial charge in [-0.05, 0) is 24.7 Å². The van der Waals surface area contributed by atoms with E-state index < -0.39 is 41.8 Å². The molecule has 4 unspecified atom stereocenters. The fraction of sp³-hybridized carbons (Fsp3) is 0.778. The Morgan fingerprint density at radius 1 is 1.15 bits per heavy atom. The van der Waals surface area contributed by atoms with Crippen LogP contribution in [0, 0.1) is 11.8 Å². The van der Waals surface area contributed by atoms with Gasteiger partial charge in [0.25, 0.3) is 0 Å². The quantitative estimate of drug-likeness (QED) is 0.430. The third kappa shape index (κ3) is 5.92. The molecule has 0 spiro atoms. The van der Waals surface area contributed by atoms with Gasteiger partial charge in [-0.1, -0.05) is 34.1 Å². The van der Waals surface area contributed by atoms with E-state index in [1.807, 2.05) is 13.8 Å². The maximum atomic E-state index is 12.9. The van der Waals surface area contributed by atoms with Crippen LogP contribution >= 0.6 is 0 Å². The van der Waals surface area contributed by atoms with Crippen LogP contribution in [0.1, 0.15) is 47.0 Å². The van der Waals surface area contributed by atoms with Gasteiger partial charge in [-0.3, -0.25) is 14.4 Å². The average Bonchev–Trinajstić information content (AvgIpc) is 3.12. The van der Waals surface area contributed by atoms with Crippen molar-refractivity contribution in [2.75, 3.05) is 13.1 Å². The molecule has 0 aliphatic carbocycles. The van der Waals surface area contributed by atoms with Crippen LogP contribution in [-0.2, 0) is 19.2 Å². The fourth-order valence-corrected chi connectivity index (χ4v) is 3.16. The molecule has 4 atom stereocenters. The Hall–Kier alpha value is -2.16. The number of nitrogens with two attached hydrogens (primary N) is 1. The molecule has 1 aliphatic rings. The Morgan fingerprint density at radius 2 is 1.78 bits per heavy atom. The molecule has 154 valence electrons. The van der Waals surface area contributed by atoms with E-state index in [2.05, 4.69) is 10.6 Å². The van der Waals surface area contributed by atoms with Gasteiger partial charge >= 0.3 is 5.97 Å². The van der Waals surface area contributed by atoms with Gasteiger partial charge in [0.1, 0.15) is 18.1 Å². The van der Waals surface area contributed by atoms with Gasteiger partial charge in [0.05, 0.1) is 6.54 Å². The average molecular weight is 384 g/mol.